The standard InChI is InChI=1S/C11H12Cl/c1-4-9(3)10-7-8(2)5-6-11(10)12/h4-7H,1H2,2-3H3. The molecule has 12 heavy (non-hydrogen) atoms. The van der Waals surface area contributed by atoms with Gasteiger partial charge in [0.25, 0.3) is 0 Å². The van der Waals surface area contributed by atoms with Crippen LogP contribution >= 0.6 is 11.6 Å². The summed E-state index contributed by atoms with van der Waals surface area (Å²) < 4.78 is 0. The minimum Gasteiger partial charge on any atom is -0.102 e. The van der Waals surface area contributed by atoms with Crippen molar-refractivity contribution in [2.45, 2.75) is 13.8 Å². The lowest BCUT2D eigenvalue weighted by Gasteiger charge is -2.08. The summed E-state index contributed by atoms with van der Waals surface area (Å²) in [6.07, 6.45) is 1.82. The van der Waals surface area contributed by atoms with Crippen LogP contribution in [0.5, 0.6) is 0 Å². The Morgan fingerprint density at radius 2 is 2.17 bits per heavy atom. The van der Waals surface area contributed by atoms with E-state index in [0.717, 1.165) is 16.5 Å². The van der Waals surface area contributed by atoms with Crippen molar-refractivity contribution in [3.8, 4) is 0 Å². The van der Waals surface area contributed by atoms with Gasteiger partial charge in [-0.25, -0.2) is 0 Å². The second kappa shape index (κ2) is 3.77. The molecule has 0 nitrogen and oxygen atoms in total. The molecule has 1 heteroatoms. The van der Waals surface area contributed by atoms with Gasteiger partial charge in [-0.05, 0) is 18.6 Å². The number of benzene rings is 1. The summed E-state index contributed by atoms with van der Waals surface area (Å²) in [4.78, 5) is 0. The Bertz CT molecular complexity index is 289. The molecule has 0 bridgehead atoms. The zero-order chi connectivity index (χ0) is 9.14. The fraction of sp³-hybridized carbons (Fsp3) is 0.182. The van der Waals surface area contributed by atoms with E-state index in [1.165, 1.54) is 5.56 Å². The molecule has 1 aromatic rings. The van der Waals surface area contributed by atoms with E-state index >= 15 is 0 Å². The van der Waals surface area contributed by atoms with Gasteiger partial charge in [0, 0.05) is 10.9 Å². The van der Waals surface area contributed by atoms with Crippen molar-refractivity contribution >= 4 is 11.6 Å². The first kappa shape index (κ1) is 9.34. The summed E-state index contributed by atoms with van der Waals surface area (Å²) in [6, 6.07) is 5.99. The van der Waals surface area contributed by atoms with E-state index in [1.54, 1.807) is 0 Å². The third-order valence-electron chi connectivity index (χ3n) is 1.85. The molecule has 1 radical (unpaired) electrons. The highest BCUT2D eigenvalue weighted by molar-refractivity contribution is 6.31. The lowest BCUT2D eigenvalue weighted by atomic mass is 10.00. The summed E-state index contributed by atoms with van der Waals surface area (Å²) in [5.74, 6) is 1.11. The molecule has 0 saturated carbocycles. The number of aryl methyl sites for hydroxylation is 1. The van der Waals surface area contributed by atoms with Gasteiger partial charge in [0.2, 0.25) is 0 Å². The Hall–Kier alpha value is -0.750. The highest BCUT2D eigenvalue weighted by atomic mass is 35.5. The highest BCUT2D eigenvalue weighted by Gasteiger charge is 2.05. The fourth-order valence-electron chi connectivity index (χ4n) is 1.05. The number of hydrogen-bond donors (Lipinski definition) is 0. The van der Waals surface area contributed by atoms with Gasteiger partial charge in [0.15, 0.2) is 0 Å². The van der Waals surface area contributed by atoms with Crippen molar-refractivity contribution in [1.82, 2.24) is 0 Å². The monoisotopic (exact) mass is 179 g/mol. The zero-order valence-electron chi connectivity index (χ0n) is 7.39. The van der Waals surface area contributed by atoms with Crippen molar-refractivity contribution in [2.24, 2.45) is 0 Å². The molecule has 0 amide bonds. The quantitative estimate of drug-likeness (QED) is 0.648. The first-order valence-corrected chi connectivity index (χ1v) is 4.25. The van der Waals surface area contributed by atoms with Crippen LogP contribution in [0.1, 0.15) is 18.1 Å². The predicted molar refractivity (Wildman–Crippen MR) is 54.4 cm³/mol. The molecule has 0 spiro atoms. The molecule has 0 heterocycles. The molecule has 0 aliphatic heterocycles. The molecule has 1 rings (SSSR count). The number of rotatable bonds is 2. The van der Waals surface area contributed by atoms with Crippen molar-refractivity contribution in [3.63, 3.8) is 0 Å². The molecule has 0 unspecified atom stereocenters. The summed E-state index contributed by atoms with van der Waals surface area (Å²) in [6.45, 7) is 7.77. The maximum atomic E-state index is 6.00. The van der Waals surface area contributed by atoms with Crippen molar-refractivity contribution < 1.29 is 0 Å². The Morgan fingerprint density at radius 3 is 2.75 bits per heavy atom. The average molecular weight is 180 g/mol. The van der Waals surface area contributed by atoms with Crippen molar-refractivity contribution in [2.75, 3.05) is 0 Å². The molecule has 63 valence electrons. The maximum Gasteiger partial charge on any atom is 0.0447 e. The van der Waals surface area contributed by atoms with Crippen LogP contribution in [0.15, 0.2) is 30.9 Å². The minimum atomic E-state index is 0.790. The summed E-state index contributed by atoms with van der Waals surface area (Å²) in [5, 5.41) is 0.790. The highest BCUT2D eigenvalue weighted by Crippen LogP contribution is 2.25. The Labute approximate surface area is 78.9 Å². The Balaban J connectivity index is 3.12. The Morgan fingerprint density at radius 1 is 1.50 bits per heavy atom. The predicted octanol–water partition coefficient (Wildman–Crippen LogP) is 3.78. The van der Waals surface area contributed by atoms with Crippen LogP contribution in [-0.4, -0.2) is 0 Å². The van der Waals surface area contributed by atoms with E-state index in [0.29, 0.717) is 0 Å². The third kappa shape index (κ3) is 1.89. The molecular formula is C11H12Cl. The molecule has 0 atom stereocenters. The van der Waals surface area contributed by atoms with Gasteiger partial charge in [0.05, 0.1) is 0 Å². The van der Waals surface area contributed by atoms with Crippen LogP contribution in [0.4, 0.5) is 0 Å². The number of hydrogen-bond acceptors (Lipinski definition) is 0. The van der Waals surface area contributed by atoms with Crippen LogP contribution in [0.2, 0.25) is 5.02 Å². The molecule has 0 aliphatic rings. The molecule has 0 N–H and O–H groups in total. The van der Waals surface area contributed by atoms with Gasteiger partial charge < -0.3 is 0 Å². The average Bonchev–Trinajstić information content (AvgIpc) is 2.08. The minimum absolute atomic E-state index is 0.790. The van der Waals surface area contributed by atoms with Crippen LogP contribution in [-0.2, 0) is 0 Å². The topological polar surface area (TPSA) is 0 Å². The normalized spacial score (nSPS) is 10.3. The number of allylic oxidation sites excluding steroid dienone is 1. The first-order chi connectivity index (χ1) is 5.65. The summed E-state index contributed by atoms with van der Waals surface area (Å²) in [5.41, 5.74) is 2.29. The molecular weight excluding hydrogens is 168 g/mol. The van der Waals surface area contributed by atoms with E-state index < -0.39 is 0 Å². The fourth-order valence-corrected chi connectivity index (χ4v) is 1.32. The van der Waals surface area contributed by atoms with Crippen LogP contribution in [0.25, 0.3) is 0 Å². The number of halogens is 1. The van der Waals surface area contributed by atoms with E-state index in [4.69, 9.17) is 11.6 Å². The maximum absolute atomic E-state index is 6.00. The molecule has 0 aliphatic carbocycles. The van der Waals surface area contributed by atoms with Crippen LogP contribution < -0.4 is 0 Å². The van der Waals surface area contributed by atoms with Crippen molar-refractivity contribution in [3.05, 3.63) is 52.9 Å². The van der Waals surface area contributed by atoms with Gasteiger partial charge in [-0.2, -0.15) is 0 Å². The summed E-state index contributed by atoms with van der Waals surface area (Å²) in [7, 11) is 0. The SMILES string of the molecule is C=C[C](C)c1cc(C)ccc1Cl. The van der Waals surface area contributed by atoms with Gasteiger partial charge in [0.1, 0.15) is 0 Å². The molecule has 0 aromatic heterocycles. The van der Waals surface area contributed by atoms with E-state index in [2.05, 4.69) is 19.6 Å². The second-order valence-electron chi connectivity index (χ2n) is 2.87. The molecule has 1 aromatic carbocycles. The largest absolute Gasteiger partial charge is 0.102 e. The summed E-state index contributed by atoms with van der Waals surface area (Å²) >= 11 is 6.00. The smallest absolute Gasteiger partial charge is 0.0447 e. The molecule has 0 fully saturated rings. The van der Waals surface area contributed by atoms with E-state index in [1.807, 2.05) is 25.1 Å². The van der Waals surface area contributed by atoms with Gasteiger partial charge in [-0.3, -0.25) is 0 Å². The van der Waals surface area contributed by atoms with Crippen LogP contribution in [0, 0.1) is 12.8 Å². The second-order valence-corrected chi connectivity index (χ2v) is 3.28. The van der Waals surface area contributed by atoms with Gasteiger partial charge in [-0.15, -0.1) is 6.58 Å². The Kier molecular flexibility index (Phi) is 2.93. The third-order valence-corrected chi connectivity index (χ3v) is 2.18. The van der Waals surface area contributed by atoms with Crippen molar-refractivity contribution in [1.29, 1.82) is 0 Å². The molecule has 0 saturated heterocycles. The van der Waals surface area contributed by atoms with Gasteiger partial charge in [-0.1, -0.05) is 42.3 Å². The lowest BCUT2D eigenvalue weighted by Crippen LogP contribution is -1.91. The van der Waals surface area contributed by atoms with E-state index in [-0.39, 0.29) is 0 Å². The van der Waals surface area contributed by atoms with E-state index in [9.17, 15) is 0 Å². The van der Waals surface area contributed by atoms with Crippen LogP contribution in [0.3, 0.4) is 0 Å². The van der Waals surface area contributed by atoms with Gasteiger partial charge >= 0.3 is 0 Å². The zero-order valence-corrected chi connectivity index (χ0v) is 8.15. The lowest BCUT2D eigenvalue weighted by molar-refractivity contribution is 1.24. The first-order valence-electron chi connectivity index (χ1n) is 3.87.